The van der Waals surface area contributed by atoms with Gasteiger partial charge in [0.2, 0.25) is 0 Å². The number of para-hydroxylation sites is 2. The molecule has 0 aliphatic carbocycles. The van der Waals surface area contributed by atoms with Gasteiger partial charge in [0.25, 0.3) is 5.91 Å². The van der Waals surface area contributed by atoms with E-state index < -0.39 is 11.7 Å². The van der Waals surface area contributed by atoms with Crippen molar-refractivity contribution in [2.45, 2.75) is 6.54 Å². The first-order valence-corrected chi connectivity index (χ1v) is 9.02. The van der Waals surface area contributed by atoms with E-state index in [1.807, 2.05) is 41.0 Å². The van der Waals surface area contributed by atoms with E-state index >= 15 is 0 Å². The second-order valence-electron chi connectivity index (χ2n) is 5.93. The molecule has 4 aromatic rings. The van der Waals surface area contributed by atoms with Crippen LogP contribution in [0, 0.1) is 5.82 Å². The summed E-state index contributed by atoms with van der Waals surface area (Å²) < 4.78 is 16.3. The highest BCUT2D eigenvalue weighted by Crippen LogP contribution is 2.17. The smallest absolute Gasteiger partial charge is 0.254 e. The predicted octanol–water partition coefficient (Wildman–Crippen LogP) is 4.25. The lowest BCUT2D eigenvalue weighted by molar-refractivity contribution is 0.0947. The van der Waals surface area contributed by atoms with Gasteiger partial charge in [-0.05, 0) is 42.0 Å². The summed E-state index contributed by atoms with van der Waals surface area (Å²) in [6.45, 7) is 0.253. The van der Waals surface area contributed by atoms with Gasteiger partial charge < -0.3 is 5.32 Å². The molecule has 0 unspecified atom stereocenters. The highest BCUT2D eigenvalue weighted by molar-refractivity contribution is 9.10. The molecule has 2 aromatic heterocycles. The van der Waals surface area contributed by atoms with Crippen LogP contribution in [0.3, 0.4) is 0 Å². The van der Waals surface area contributed by atoms with Crippen LogP contribution in [0.15, 0.2) is 71.6 Å². The van der Waals surface area contributed by atoms with Crippen LogP contribution in [-0.4, -0.2) is 20.4 Å². The normalized spacial score (nSPS) is 10.9. The SMILES string of the molecule is O=C(NCc1ccc(-n2cnc3ccccc32)nc1)c1cc(Br)ccc1F. The topological polar surface area (TPSA) is 59.8 Å². The van der Waals surface area contributed by atoms with Gasteiger partial charge in [0.15, 0.2) is 0 Å². The van der Waals surface area contributed by atoms with E-state index in [2.05, 4.69) is 31.2 Å². The van der Waals surface area contributed by atoms with Gasteiger partial charge in [-0.15, -0.1) is 0 Å². The van der Waals surface area contributed by atoms with Crippen molar-refractivity contribution in [1.82, 2.24) is 19.9 Å². The lowest BCUT2D eigenvalue weighted by Gasteiger charge is -2.08. The van der Waals surface area contributed by atoms with E-state index in [1.165, 1.54) is 12.1 Å². The number of imidazole rings is 1. The maximum absolute atomic E-state index is 13.8. The largest absolute Gasteiger partial charge is 0.348 e. The molecule has 0 atom stereocenters. The van der Waals surface area contributed by atoms with Gasteiger partial charge in [0.1, 0.15) is 18.0 Å². The number of aromatic nitrogens is 3. The molecule has 0 fully saturated rings. The Kier molecular flexibility index (Phi) is 4.68. The maximum Gasteiger partial charge on any atom is 0.254 e. The average Bonchev–Trinajstić information content (AvgIpc) is 3.12. The molecule has 1 amide bonds. The van der Waals surface area contributed by atoms with Crippen LogP contribution in [0.2, 0.25) is 0 Å². The fourth-order valence-electron chi connectivity index (χ4n) is 2.75. The summed E-state index contributed by atoms with van der Waals surface area (Å²) in [5.41, 5.74) is 2.67. The number of nitrogens with one attached hydrogen (secondary N) is 1. The van der Waals surface area contributed by atoms with Crippen molar-refractivity contribution < 1.29 is 9.18 Å². The molecule has 27 heavy (non-hydrogen) atoms. The molecule has 1 N–H and O–H groups in total. The summed E-state index contributed by atoms with van der Waals surface area (Å²) in [4.78, 5) is 21.0. The highest BCUT2D eigenvalue weighted by Gasteiger charge is 2.12. The molecule has 0 saturated carbocycles. The van der Waals surface area contributed by atoms with Gasteiger partial charge in [-0.2, -0.15) is 0 Å². The van der Waals surface area contributed by atoms with E-state index in [0.717, 1.165) is 22.4 Å². The predicted molar refractivity (Wildman–Crippen MR) is 104 cm³/mol. The molecule has 2 aromatic carbocycles. The molecule has 0 aliphatic rings. The minimum absolute atomic E-state index is 0.00107. The molecule has 5 nitrogen and oxygen atoms in total. The Labute approximate surface area is 163 Å². The number of carbonyl (C=O) groups is 1. The fourth-order valence-corrected chi connectivity index (χ4v) is 3.12. The molecule has 0 aliphatic heterocycles. The molecule has 134 valence electrons. The number of pyridine rings is 1. The monoisotopic (exact) mass is 424 g/mol. The van der Waals surface area contributed by atoms with E-state index in [-0.39, 0.29) is 12.1 Å². The molecule has 4 rings (SSSR count). The number of rotatable bonds is 4. The molecule has 0 spiro atoms. The first-order valence-electron chi connectivity index (χ1n) is 8.22. The minimum Gasteiger partial charge on any atom is -0.348 e. The Bertz CT molecular complexity index is 1120. The van der Waals surface area contributed by atoms with E-state index in [9.17, 15) is 9.18 Å². The number of hydrogen-bond acceptors (Lipinski definition) is 3. The molecular weight excluding hydrogens is 411 g/mol. The fraction of sp³-hybridized carbons (Fsp3) is 0.0500. The number of fused-ring (bicyclic) bond motifs is 1. The summed E-state index contributed by atoms with van der Waals surface area (Å²) in [5.74, 6) is -0.300. The zero-order valence-corrected chi connectivity index (χ0v) is 15.6. The van der Waals surface area contributed by atoms with E-state index in [4.69, 9.17) is 0 Å². The summed E-state index contributed by atoms with van der Waals surface area (Å²) in [6.07, 6.45) is 3.41. The maximum atomic E-state index is 13.8. The van der Waals surface area contributed by atoms with Crippen LogP contribution < -0.4 is 5.32 Å². The third kappa shape index (κ3) is 3.59. The van der Waals surface area contributed by atoms with Crippen molar-refractivity contribution >= 4 is 32.9 Å². The average molecular weight is 425 g/mol. The quantitative estimate of drug-likeness (QED) is 0.532. The summed E-state index contributed by atoms with van der Waals surface area (Å²) in [5, 5.41) is 2.71. The Morgan fingerprint density at radius 1 is 1.11 bits per heavy atom. The first kappa shape index (κ1) is 17.4. The van der Waals surface area contributed by atoms with Gasteiger partial charge in [-0.3, -0.25) is 9.36 Å². The number of halogens is 2. The van der Waals surface area contributed by atoms with Gasteiger partial charge >= 0.3 is 0 Å². The zero-order valence-electron chi connectivity index (χ0n) is 14.1. The van der Waals surface area contributed by atoms with Crippen molar-refractivity contribution in [1.29, 1.82) is 0 Å². The number of benzene rings is 2. The molecule has 0 bridgehead atoms. The lowest BCUT2D eigenvalue weighted by Crippen LogP contribution is -2.24. The third-order valence-electron chi connectivity index (χ3n) is 4.14. The summed E-state index contributed by atoms with van der Waals surface area (Å²) in [6, 6.07) is 15.8. The third-order valence-corrected chi connectivity index (χ3v) is 4.63. The summed E-state index contributed by atoms with van der Waals surface area (Å²) in [7, 11) is 0. The van der Waals surface area contributed by atoms with E-state index in [1.54, 1.807) is 18.6 Å². The molecule has 0 saturated heterocycles. The highest BCUT2D eigenvalue weighted by atomic mass is 79.9. The van der Waals surface area contributed by atoms with Crippen molar-refractivity contribution in [2.24, 2.45) is 0 Å². The van der Waals surface area contributed by atoms with Gasteiger partial charge in [0.05, 0.1) is 16.6 Å². The second-order valence-corrected chi connectivity index (χ2v) is 6.85. The first-order chi connectivity index (χ1) is 13.1. The van der Waals surface area contributed by atoms with Crippen LogP contribution in [0.4, 0.5) is 4.39 Å². The standard InChI is InChI=1S/C20H14BrFN4O/c21-14-6-7-16(22)15(9-14)20(27)24-11-13-5-8-19(23-10-13)26-12-25-17-3-1-2-4-18(17)26/h1-10,12H,11H2,(H,24,27). The number of hydrogen-bond donors (Lipinski definition) is 1. The van der Waals surface area contributed by atoms with Crippen LogP contribution in [-0.2, 0) is 6.54 Å². The van der Waals surface area contributed by atoms with Crippen molar-refractivity contribution in [3.63, 3.8) is 0 Å². The molecular formula is C20H14BrFN4O. The van der Waals surface area contributed by atoms with Crippen LogP contribution in [0.5, 0.6) is 0 Å². The van der Waals surface area contributed by atoms with Gasteiger partial charge in [0, 0.05) is 17.2 Å². The lowest BCUT2D eigenvalue weighted by atomic mass is 10.2. The Balaban J connectivity index is 1.48. The minimum atomic E-state index is -0.559. The number of nitrogens with zero attached hydrogens (tertiary/aromatic N) is 3. The Morgan fingerprint density at radius 3 is 2.78 bits per heavy atom. The molecule has 7 heteroatoms. The summed E-state index contributed by atoms with van der Waals surface area (Å²) >= 11 is 3.24. The van der Waals surface area contributed by atoms with Crippen molar-refractivity contribution in [3.8, 4) is 5.82 Å². The number of carbonyl (C=O) groups excluding carboxylic acids is 1. The number of amides is 1. The second kappa shape index (κ2) is 7.28. The van der Waals surface area contributed by atoms with Crippen molar-refractivity contribution in [2.75, 3.05) is 0 Å². The van der Waals surface area contributed by atoms with Crippen LogP contribution >= 0.6 is 15.9 Å². The van der Waals surface area contributed by atoms with Crippen LogP contribution in [0.1, 0.15) is 15.9 Å². The van der Waals surface area contributed by atoms with Crippen LogP contribution in [0.25, 0.3) is 16.9 Å². The van der Waals surface area contributed by atoms with Gasteiger partial charge in [-0.1, -0.05) is 34.1 Å². The van der Waals surface area contributed by atoms with Gasteiger partial charge in [-0.25, -0.2) is 14.4 Å². The Morgan fingerprint density at radius 2 is 1.96 bits per heavy atom. The Hall–Kier alpha value is -3.06. The van der Waals surface area contributed by atoms with E-state index in [0.29, 0.717) is 4.47 Å². The molecule has 0 radical (unpaired) electrons. The zero-order chi connectivity index (χ0) is 18.8. The van der Waals surface area contributed by atoms with Crippen molar-refractivity contribution in [3.05, 3.63) is 88.5 Å². The molecule has 2 heterocycles.